The molecule has 2 aromatic carbocycles. The molecule has 11 heteroatoms. The first kappa shape index (κ1) is 28.5. The van der Waals surface area contributed by atoms with Crippen LogP contribution in [0.5, 0.6) is 0 Å². The molecule has 0 saturated heterocycles. The van der Waals surface area contributed by atoms with E-state index >= 15 is 0 Å². The zero-order valence-corrected chi connectivity index (χ0v) is 21.1. The molecule has 0 radical (unpaired) electrons. The second kappa shape index (κ2) is 10.9. The number of aryl methyl sites for hydroxylation is 1. The van der Waals surface area contributed by atoms with Gasteiger partial charge in [0.15, 0.2) is 0 Å². The fourth-order valence-corrected chi connectivity index (χ4v) is 4.16. The third-order valence-electron chi connectivity index (χ3n) is 6.16. The Morgan fingerprint density at radius 1 is 0.825 bits per heavy atom. The van der Waals surface area contributed by atoms with Crippen LogP contribution in [0.2, 0.25) is 0 Å². The van der Waals surface area contributed by atoms with Gasteiger partial charge < -0.3 is 4.90 Å². The molecule has 5 nitrogen and oxygen atoms in total. The number of nitrogens with zero attached hydrogens (tertiary/aromatic N) is 3. The van der Waals surface area contributed by atoms with Gasteiger partial charge in [0.1, 0.15) is 5.69 Å². The smallest absolute Gasteiger partial charge is 0.337 e. The summed E-state index contributed by atoms with van der Waals surface area (Å²) >= 11 is 0. The minimum atomic E-state index is -5.02. The molecule has 1 amide bonds. The topological polar surface area (TPSA) is 63.2 Å². The lowest BCUT2D eigenvalue weighted by Crippen LogP contribution is -2.27. The molecule has 0 bridgehead atoms. The molecule has 2 aromatic heterocycles. The van der Waals surface area contributed by atoms with Crippen molar-refractivity contribution in [1.29, 1.82) is 0 Å². The molecule has 40 heavy (non-hydrogen) atoms. The van der Waals surface area contributed by atoms with Gasteiger partial charge in [-0.05, 0) is 65.6 Å². The van der Waals surface area contributed by atoms with Crippen molar-refractivity contribution in [2.45, 2.75) is 25.8 Å². The number of carbonyl (C=O) groups excluding carboxylic acids is 2. The van der Waals surface area contributed by atoms with E-state index in [-0.39, 0.29) is 22.9 Å². The van der Waals surface area contributed by atoms with Crippen LogP contribution in [0.3, 0.4) is 0 Å². The first-order chi connectivity index (χ1) is 18.8. The lowest BCUT2D eigenvalue weighted by atomic mass is 9.94. The summed E-state index contributed by atoms with van der Waals surface area (Å²) in [6, 6.07) is 12.7. The van der Waals surface area contributed by atoms with Gasteiger partial charge in [-0.1, -0.05) is 24.3 Å². The molecule has 0 spiro atoms. The fourth-order valence-electron chi connectivity index (χ4n) is 4.16. The van der Waals surface area contributed by atoms with Crippen molar-refractivity contribution in [2.75, 3.05) is 7.05 Å². The number of halogens is 6. The number of alkyl halides is 6. The number of benzene rings is 2. The quantitative estimate of drug-likeness (QED) is 0.189. The number of hydrogen-bond donors (Lipinski definition) is 0. The Morgan fingerprint density at radius 2 is 1.43 bits per heavy atom. The minimum absolute atomic E-state index is 0.0195. The van der Waals surface area contributed by atoms with E-state index in [1.54, 1.807) is 31.2 Å². The molecule has 0 aliphatic heterocycles. The highest BCUT2D eigenvalue weighted by molar-refractivity contribution is 6.09. The van der Waals surface area contributed by atoms with E-state index in [9.17, 15) is 35.9 Å². The van der Waals surface area contributed by atoms with E-state index in [1.165, 1.54) is 43.8 Å². The predicted molar refractivity (Wildman–Crippen MR) is 134 cm³/mol. The van der Waals surface area contributed by atoms with Crippen molar-refractivity contribution in [2.24, 2.45) is 0 Å². The van der Waals surface area contributed by atoms with Crippen LogP contribution in [0.15, 0.2) is 79.3 Å². The number of amides is 1. The van der Waals surface area contributed by atoms with E-state index in [0.29, 0.717) is 28.8 Å². The molecular weight excluding hydrogens is 536 g/mol. The average Bonchev–Trinajstić information content (AvgIpc) is 2.91. The Balaban J connectivity index is 1.75. The Labute approximate surface area is 225 Å². The van der Waals surface area contributed by atoms with Gasteiger partial charge in [-0.25, -0.2) is 0 Å². The molecule has 0 aliphatic rings. The van der Waals surface area contributed by atoms with E-state index in [4.69, 9.17) is 0 Å². The molecule has 0 N–H and O–H groups in total. The van der Waals surface area contributed by atoms with Crippen LogP contribution < -0.4 is 0 Å². The van der Waals surface area contributed by atoms with Crippen LogP contribution in [0.25, 0.3) is 11.1 Å². The number of hydrogen-bond acceptors (Lipinski definition) is 4. The second-order valence-electron chi connectivity index (χ2n) is 9.07. The maximum absolute atomic E-state index is 13.5. The van der Waals surface area contributed by atoms with Gasteiger partial charge in [-0.3, -0.25) is 19.6 Å². The lowest BCUT2D eigenvalue weighted by molar-refractivity contribution is -0.143. The summed E-state index contributed by atoms with van der Waals surface area (Å²) in [5.41, 5.74) is -1.22. The molecule has 0 atom stereocenters. The Hall–Kier alpha value is -4.54. The number of rotatable bonds is 6. The van der Waals surface area contributed by atoms with Crippen LogP contribution in [0.4, 0.5) is 26.3 Å². The summed E-state index contributed by atoms with van der Waals surface area (Å²) in [6.45, 7) is 1.25. The fraction of sp³-hybridized carbons (Fsp3) is 0.172. The monoisotopic (exact) mass is 557 g/mol. The lowest BCUT2D eigenvalue weighted by Gasteiger charge is -2.21. The number of ketones is 1. The number of pyridine rings is 2. The first-order valence-corrected chi connectivity index (χ1v) is 11.8. The summed E-state index contributed by atoms with van der Waals surface area (Å²) < 4.78 is 79.9. The summed E-state index contributed by atoms with van der Waals surface area (Å²) in [5.74, 6) is -1.13. The van der Waals surface area contributed by atoms with Crippen LogP contribution in [-0.4, -0.2) is 33.6 Å². The standard InChI is InChI=1S/C29H21F6N3O2/c1-17-5-3-4-6-22(17)23-14-25(26(39)19-7-9-36-10-8-19)37-15-24(23)27(40)38(2)16-18-11-20(28(30,31)32)13-21(12-18)29(33,34)35/h3-15H,16H2,1-2H3. The molecular formula is C29H21F6N3O2. The molecule has 206 valence electrons. The highest BCUT2D eigenvalue weighted by atomic mass is 19.4. The maximum atomic E-state index is 13.5. The van der Waals surface area contributed by atoms with Crippen molar-refractivity contribution in [3.8, 4) is 11.1 Å². The summed E-state index contributed by atoms with van der Waals surface area (Å²) in [5, 5.41) is 0. The Kier molecular flexibility index (Phi) is 7.77. The average molecular weight is 557 g/mol. The second-order valence-corrected chi connectivity index (χ2v) is 9.07. The van der Waals surface area contributed by atoms with Gasteiger partial charge in [-0.2, -0.15) is 26.3 Å². The Bertz CT molecular complexity index is 1530. The summed E-state index contributed by atoms with van der Waals surface area (Å²) in [6.07, 6.45) is -5.96. The van der Waals surface area contributed by atoms with Gasteiger partial charge in [0.05, 0.1) is 16.7 Å². The van der Waals surface area contributed by atoms with E-state index in [0.717, 1.165) is 10.5 Å². The van der Waals surface area contributed by atoms with Gasteiger partial charge in [0.25, 0.3) is 5.91 Å². The van der Waals surface area contributed by atoms with Crippen molar-refractivity contribution >= 4 is 11.7 Å². The molecule has 2 heterocycles. The third-order valence-corrected chi connectivity index (χ3v) is 6.16. The van der Waals surface area contributed by atoms with Crippen LogP contribution in [-0.2, 0) is 18.9 Å². The van der Waals surface area contributed by atoms with Crippen molar-refractivity contribution in [1.82, 2.24) is 14.9 Å². The molecule has 0 saturated carbocycles. The molecule has 0 aliphatic carbocycles. The maximum Gasteiger partial charge on any atom is 0.416 e. The van der Waals surface area contributed by atoms with E-state index in [1.807, 2.05) is 0 Å². The number of aromatic nitrogens is 2. The minimum Gasteiger partial charge on any atom is -0.337 e. The van der Waals surface area contributed by atoms with Crippen molar-refractivity contribution in [3.63, 3.8) is 0 Å². The predicted octanol–water partition coefficient (Wildman–Crippen LogP) is 6.99. The van der Waals surface area contributed by atoms with Gasteiger partial charge in [0, 0.05) is 37.7 Å². The van der Waals surface area contributed by atoms with Crippen molar-refractivity contribution < 1.29 is 35.9 Å². The van der Waals surface area contributed by atoms with Crippen molar-refractivity contribution in [3.05, 3.63) is 118 Å². The SMILES string of the molecule is Cc1ccccc1-c1cc(C(=O)c2ccncc2)ncc1C(=O)N(C)Cc1cc(C(F)(F)F)cc(C(F)(F)F)c1. The Morgan fingerprint density at radius 3 is 2.00 bits per heavy atom. The molecule has 4 rings (SSSR count). The normalized spacial score (nSPS) is 11.8. The number of carbonyl (C=O) groups is 2. The highest BCUT2D eigenvalue weighted by Crippen LogP contribution is 2.37. The molecule has 4 aromatic rings. The largest absolute Gasteiger partial charge is 0.416 e. The van der Waals surface area contributed by atoms with Crippen LogP contribution >= 0.6 is 0 Å². The van der Waals surface area contributed by atoms with Gasteiger partial charge >= 0.3 is 12.4 Å². The zero-order chi connectivity index (χ0) is 29.2. The molecule has 0 unspecified atom stereocenters. The van der Waals surface area contributed by atoms with E-state index in [2.05, 4.69) is 9.97 Å². The van der Waals surface area contributed by atoms with Crippen LogP contribution in [0, 0.1) is 6.92 Å². The third kappa shape index (κ3) is 6.19. The zero-order valence-electron chi connectivity index (χ0n) is 21.1. The highest BCUT2D eigenvalue weighted by Gasteiger charge is 2.37. The van der Waals surface area contributed by atoms with Gasteiger partial charge in [-0.15, -0.1) is 0 Å². The van der Waals surface area contributed by atoms with Gasteiger partial charge in [0.2, 0.25) is 5.78 Å². The summed E-state index contributed by atoms with van der Waals surface area (Å²) in [4.78, 5) is 35.6. The first-order valence-electron chi connectivity index (χ1n) is 11.8. The summed E-state index contributed by atoms with van der Waals surface area (Å²) in [7, 11) is 1.26. The molecule has 0 fully saturated rings. The van der Waals surface area contributed by atoms with E-state index < -0.39 is 41.7 Å². The van der Waals surface area contributed by atoms with Crippen LogP contribution in [0.1, 0.15) is 48.7 Å².